The second-order valence-electron chi connectivity index (χ2n) is 4.73. The summed E-state index contributed by atoms with van der Waals surface area (Å²) in [5.41, 5.74) is 1.98. The van der Waals surface area contributed by atoms with E-state index in [1.165, 1.54) is 6.39 Å². The SMILES string of the molecule is Cc1ccccc1OCCOc1ccc(-c2nnco2)cc1. The molecule has 0 aliphatic heterocycles. The third-order valence-corrected chi connectivity index (χ3v) is 3.16. The lowest BCUT2D eigenvalue weighted by atomic mass is 10.2. The van der Waals surface area contributed by atoms with Gasteiger partial charge in [0.1, 0.15) is 24.7 Å². The Hall–Kier alpha value is -2.82. The van der Waals surface area contributed by atoms with E-state index in [0.717, 1.165) is 22.6 Å². The average molecular weight is 296 g/mol. The van der Waals surface area contributed by atoms with Gasteiger partial charge in [-0.05, 0) is 42.8 Å². The van der Waals surface area contributed by atoms with Gasteiger partial charge in [0.05, 0.1) is 0 Å². The first-order valence-electron chi connectivity index (χ1n) is 7.01. The third-order valence-electron chi connectivity index (χ3n) is 3.16. The first-order valence-corrected chi connectivity index (χ1v) is 7.01. The van der Waals surface area contributed by atoms with E-state index in [0.29, 0.717) is 19.1 Å². The summed E-state index contributed by atoms with van der Waals surface area (Å²) < 4.78 is 16.5. The van der Waals surface area contributed by atoms with Crippen LogP contribution in [0.2, 0.25) is 0 Å². The predicted molar refractivity (Wildman–Crippen MR) is 81.9 cm³/mol. The van der Waals surface area contributed by atoms with Gasteiger partial charge in [-0.25, -0.2) is 0 Å². The van der Waals surface area contributed by atoms with Gasteiger partial charge in [-0.15, -0.1) is 10.2 Å². The van der Waals surface area contributed by atoms with Gasteiger partial charge in [0.25, 0.3) is 0 Å². The summed E-state index contributed by atoms with van der Waals surface area (Å²) in [5.74, 6) is 2.16. The molecular weight excluding hydrogens is 280 g/mol. The zero-order chi connectivity index (χ0) is 15.2. The van der Waals surface area contributed by atoms with Crippen LogP contribution in [0.4, 0.5) is 0 Å². The molecule has 0 saturated carbocycles. The number of ether oxygens (including phenoxy) is 2. The number of rotatable bonds is 6. The van der Waals surface area contributed by atoms with Crippen LogP contribution in [-0.2, 0) is 0 Å². The van der Waals surface area contributed by atoms with Gasteiger partial charge >= 0.3 is 0 Å². The molecule has 0 fully saturated rings. The molecule has 0 bridgehead atoms. The summed E-state index contributed by atoms with van der Waals surface area (Å²) >= 11 is 0. The van der Waals surface area contributed by atoms with E-state index in [4.69, 9.17) is 13.9 Å². The highest BCUT2D eigenvalue weighted by atomic mass is 16.5. The zero-order valence-electron chi connectivity index (χ0n) is 12.2. The molecule has 0 spiro atoms. The van der Waals surface area contributed by atoms with Crippen LogP contribution in [0.25, 0.3) is 11.5 Å². The maximum absolute atomic E-state index is 5.68. The van der Waals surface area contributed by atoms with Crippen molar-refractivity contribution in [2.45, 2.75) is 6.92 Å². The maximum atomic E-state index is 5.68. The summed E-state index contributed by atoms with van der Waals surface area (Å²) in [5, 5.41) is 7.51. The first-order chi connectivity index (χ1) is 10.8. The number of benzene rings is 2. The molecule has 1 heterocycles. The largest absolute Gasteiger partial charge is 0.490 e. The second-order valence-corrected chi connectivity index (χ2v) is 4.73. The molecule has 0 amide bonds. The minimum atomic E-state index is 0.480. The number of nitrogens with zero attached hydrogens (tertiary/aromatic N) is 2. The van der Waals surface area contributed by atoms with Crippen molar-refractivity contribution in [1.82, 2.24) is 10.2 Å². The summed E-state index contributed by atoms with van der Waals surface area (Å²) in [7, 11) is 0. The molecule has 3 aromatic rings. The molecule has 2 aromatic carbocycles. The lowest BCUT2D eigenvalue weighted by molar-refractivity contribution is 0.216. The Morgan fingerprint density at radius 3 is 2.45 bits per heavy atom. The Morgan fingerprint density at radius 1 is 0.955 bits per heavy atom. The molecule has 0 unspecified atom stereocenters. The van der Waals surface area contributed by atoms with Crippen LogP contribution in [0.5, 0.6) is 11.5 Å². The van der Waals surface area contributed by atoms with Crippen LogP contribution in [0, 0.1) is 6.92 Å². The van der Waals surface area contributed by atoms with Crippen LogP contribution in [0.15, 0.2) is 59.3 Å². The Kier molecular flexibility index (Phi) is 4.34. The van der Waals surface area contributed by atoms with E-state index in [-0.39, 0.29) is 0 Å². The minimum Gasteiger partial charge on any atom is -0.490 e. The van der Waals surface area contributed by atoms with Gasteiger partial charge in [-0.3, -0.25) is 0 Å². The van der Waals surface area contributed by atoms with Crippen molar-refractivity contribution >= 4 is 0 Å². The summed E-state index contributed by atoms with van der Waals surface area (Å²) in [6.45, 7) is 3.00. The van der Waals surface area contributed by atoms with E-state index < -0.39 is 0 Å². The highest BCUT2D eigenvalue weighted by Gasteiger charge is 2.03. The van der Waals surface area contributed by atoms with Crippen LogP contribution < -0.4 is 9.47 Å². The quantitative estimate of drug-likeness (QED) is 0.652. The monoisotopic (exact) mass is 296 g/mol. The van der Waals surface area contributed by atoms with Gasteiger partial charge in [0.15, 0.2) is 0 Å². The van der Waals surface area contributed by atoms with E-state index in [1.807, 2.05) is 55.5 Å². The summed E-state index contributed by atoms with van der Waals surface area (Å²) in [6, 6.07) is 15.4. The van der Waals surface area contributed by atoms with E-state index in [2.05, 4.69) is 10.2 Å². The molecule has 5 nitrogen and oxygen atoms in total. The lowest BCUT2D eigenvalue weighted by Gasteiger charge is -2.10. The van der Waals surface area contributed by atoms with Gasteiger partial charge in [-0.1, -0.05) is 18.2 Å². The fourth-order valence-electron chi connectivity index (χ4n) is 2.02. The molecule has 22 heavy (non-hydrogen) atoms. The number of para-hydroxylation sites is 1. The molecule has 0 saturated heterocycles. The molecule has 0 aliphatic rings. The Bertz CT molecular complexity index is 709. The average Bonchev–Trinajstić information content (AvgIpc) is 3.08. The van der Waals surface area contributed by atoms with Gasteiger partial charge in [0, 0.05) is 5.56 Å². The summed E-state index contributed by atoms with van der Waals surface area (Å²) in [4.78, 5) is 0. The van der Waals surface area contributed by atoms with E-state index in [1.54, 1.807) is 0 Å². The Labute approximate surface area is 128 Å². The molecule has 3 rings (SSSR count). The highest BCUT2D eigenvalue weighted by Crippen LogP contribution is 2.20. The van der Waals surface area contributed by atoms with E-state index in [9.17, 15) is 0 Å². The Morgan fingerprint density at radius 2 is 1.73 bits per heavy atom. The smallest absolute Gasteiger partial charge is 0.247 e. The standard InChI is InChI=1S/C17H16N2O3/c1-13-4-2-3-5-16(13)21-11-10-20-15-8-6-14(7-9-15)17-19-18-12-22-17/h2-9,12H,10-11H2,1H3. The predicted octanol–water partition coefficient (Wildman–Crippen LogP) is 3.50. The molecule has 0 atom stereocenters. The van der Waals surface area contributed by atoms with Gasteiger partial charge in [-0.2, -0.15) is 0 Å². The van der Waals surface area contributed by atoms with Crippen LogP contribution in [-0.4, -0.2) is 23.4 Å². The highest BCUT2D eigenvalue weighted by molar-refractivity contribution is 5.53. The number of aryl methyl sites for hydroxylation is 1. The third kappa shape index (κ3) is 3.44. The fourth-order valence-corrected chi connectivity index (χ4v) is 2.02. The maximum Gasteiger partial charge on any atom is 0.247 e. The van der Waals surface area contributed by atoms with Crippen molar-refractivity contribution < 1.29 is 13.9 Å². The van der Waals surface area contributed by atoms with Gasteiger partial charge < -0.3 is 13.9 Å². The van der Waals surface area contributed by atoms with Crippen molar-refractivity contribution in [3.8, 4) is 23.0 Å². The topological polar surface area (TPSA) is 57.4 Å². The summed E-state index contributed by atoms with van der Waals surface area (Å²) in [6.07, 6.45) is 1.31. The first kappa shape index (κ1) is 14.1. The van der Waals surface area contributed by atoms with Crippen LogP contribution >= 0.6 is 0 Å². The fraction of sp³-hybridized carbons (Fsp3) is 0.176. The molecule has 0 radical (unpaired) electrons. The molecule has 0 aliphatic carbocycles. The number of aromatic nitrogens is 2. The number of hydrogen-bond donors (Lipinski definition) is 0. The molecule has 0 N–H and O–H groups in total. The van der Waals surface area contributed by atoms with Crippen molar-refractivity contribution in [2.24, 2.45) is 0 Å². The second kappa shape index (κ2) is 6.76. The van der Waals surface area contributed by atoms with Crippen LogP contribution in [0.1, 0.15) is 5.56 Å². The zero-order valence-corrected chi connectivity index (χ0v) is 12.2. The normalized spacial score (nSPS) is 10.4. The van der Waals surface area contributed by atoms with Crippen LogP contribution in [0.3, 0.4) is 0 Å². The number of hydrogen-bond acceptors (Lipinski definition) is 5. The molecule has 112 valence electrons. The lowest BCUT2D eigenvalue weighted by Crippen LogP contribution is -2.09. The van der Waals surface area contributed by atoms with Crippen molar-refractivity contribution in [2.75, 3.05) is 13.2 Å². The van der Waals surface area contributed by atoms with Crippen molar-refractivity contribution in [1.29, 1.82) is 0 Å². The van der Waals surface area contributed by atoms with Gasteiger partial charge in [0.2, 0.25) is 12.3 Å². The molecular formula is C17H16N2O3. The Balaban J connectivity index is 1.49. The van der Waals surface area contributed by atoms with Crippen molar-refractivity contribution in [3.63, 3.8) is 0 Å². The molecule has 1 aromatic heterocycles. The van der Waals surface area contributed by atoms with E-state index >= 15 is 0 Å². The molecule has 5 heteroatoms. The minimum absolute atomic E-state index is 0.480. The van der Waals surface area contributed by atoms with Crippen molar-refractivity contribution in [3.05, 3.63) is 60.5 Å².